The molecule has 0 bridgehead atoms. The first-order valence-corrected chi connectivity index (χ1v) is 22.7. The summed E-state index contributed by atoms with van der Waals surface area (Å²) in [7, 11) is 0. The van der Waals surface area contributed by atoms with Gasteiger partial charge >= 0.3 is 0 Å². The molecule has 0 fully saturated rings. The molecule has 0 aliphatic rings. The summed E-state index contributed by atoms with van der Waals surface area (Å²) < 4.78 is 66.6. The molecule has 0 spiro atoms. The van der Waals surface area contributed by atoms with Gasteiger partial charge in [-0.05, 0) is 110 Å². The van der Waals surface area contributed by atoms with Crippen LogP contribution in [-0.2, 0) is 17.3 Å². The minimum atomic E-state index is -0.413. The lowest BCUT2D eigenvalue weighted by atomic mass is 9.78. The van der Waals surface area contributed by atoms with Crippen LogP contribution < -0.4 is 9.30 Å². The molecule has 0 saturated heterocycles. The Morgan fingerprint density at radius 1 is 0.591 bits per heavy atom. The highest BCUT2D eigenvalue weighted by Gasteiger charge is 2.25. The number of nitrogens with zero attached hydrogens (tertiary/aromatic N) is 4. The van der Waals surface area contributed by atoms with Gasteiger partial charge in [0, 0.05) is 23.0 Å². The third kappa shape index (κ3) is 8.19. The zero-order valence-corrected chi connectivity index (χ0v) is 39.2. The highest BCUT2D eigenvalue weighted by Crippen LogP contribution is 2.40. The Morgan fingerprint density at radius 3 is 2.02 bits per heavy atom. The molecule has 7 aromatic carbocycles. The third-order valence-corrected chi connectivity index (χ3v) is 12.2. The van der Waals surface area contributed by atoms with E-state index in [4.69, 9.17) is 15.2 Å². The summed E-state index contributed by atoms with van der Waals surface area (Å²) in [4.78, 5) is 4.72. The Balaban J connectivity index is 1.15. The van der Waals surface area contributed by atoms with Crippen molar-refractivity contribution in [3.05, 3.63) is 199 Å². The molecule has 10 rings (SSSR count). The molecule has 0 radical (unpaired) electrons. The maximum atomic E-state index is 9.43. The molecule has 0 saturated carbocycles. The second-order valence-electron chi connectivity index (χ2n) is 20.6. The normalized spacial score (nSPS) is 13.7. The van der Waals surface area contributed by atoms with Crippen molar-refractivity contribution in [3.63, 3.8) is 0 Å². The molecular formula is C61H58N4O. The van der Waals surface area contributed by atoms with Gasteiger partial charge in [0.15, 0.2) is 0 Å². The van der Waals surface area contributed by atoms with Gasteiger partial charge in [-0.1, -0.05) is 178 Å². The Labute approximate surface area is 398 Å². The quantitative estimate of drug-likeness (QED) is 0.113. The molecule has 66 heavy (non-hydrogen) atoms. The molecule has 328 valence electrons. The molecule has 0 atom stereocenters. The summed E-state index contributed by atoms with van der Waals surface area (Å²) in [6.07, 6.45) is 6.22. The van der Waals surface area contributed by atoms with Crippen molar-refractivity contribution < 1.29 is 17.5 Å². The van der Waals surface area contributed by atoms with Gasteiger partial charge in [-0.3, -0.25) is 13.7 Å². The Hall–Kier alpha value is -7.24. The van der Waals surface area contributed by atoms with E-state index in [9.17, 15) is 2.74 Å². The van der Waals surface area contributed by atoms with Crippen molar-refractivity contribution in [1.82, 2.24) is 14.1 Å². The Kier molecular flexibility index (Phi) is 8.91. The van der Waals surface area contributed by atoms with Crippen LogP contribution in [0.25, 0.3) is 72.3 Å². The van der Waals surface area contributed by atoms with Crippen molar-refractivity contribution in [3.8, 4) is 50.9 Å². The largest absolute Gasteiger partial charge is 0.458 e. The number of rotatable bonds is 8. The molecule has 0 aliphatic carbocycles. The van der Waals surface area contributed by atoms with Crippen LogP contribution in [0.5, 0.6) is 11.5 Å². The van der Waals surface area contributed by atoms with E-state index in [2.05, 4.69) is 146 Å². The Bertz CT molecular complexity index is 3750. The zero-order valence-electron chi connectivity index (χ0n) is 45.2. The van der Waals surface area contributed by atoms with Gasteiger partial charge < -0.3 is 4.74 Å². The number of hydrogen-bond donors (Lipinski definition) is 0. The van der Waals surface area contributed by atoms with Crippen LogP contribution in [0.15, 0.2) is 176 Å². The summed E-state index contributed by atoms with van der Waals surface area (Å²) in [6.45, 7) is 20.0. The SMILES string of the molecule is [2H]c1c(Oc2cccc(-n3[c-][n+](-c4c(-c5ccccc5)cccc4-c4cc(C(C)(C)C)cc(C(C)(C)C)c4)c4ccccc43)c2)cc2c(c1[2H])c1c([2H])c([2H])c([2H])c([2H])c1n2-c1cc(CC(C)(C)C)ccn1. The van der Waals surface area contributed by atoms with Gasteiger partial charge in [0.25, 0.3) is 6.33 Å². The van der Waals surface area contributed by atoms with E-state index in [1.165, 1.54) is 11.1 Å². The summed E-state index contributed by atoms with van der Waals surface area (Å²) in [5, 5.41) is 0.377. The van der Waals surface area contributed by atoms with Crippen molar-refractivity contribution in [1.29, 1.82) is 0 Å². The van der Waals surface area contributed by atoms with Crippen LogP contribution >= 0.6 is 0 Å². The van der Waals surface area contributed by atoms with E-state index in [1.54, 1.807) is 16.8 Å². The average Bonchev–Trinajstić information content (AvgIpc) is 3.90. The van der Waals surface area contributed by atoms with Crippen molar-refractivity contribution in [2.24, 2.45) is 5.41 Å². The van der Waals surface area contributed by atoms with E-state index in [0.29, 0.717) is 17.1 Å². The number of fused-ring (bicyclic) bond motifs is 4. The molecular weight excluding hydrogens is 805 g/mol. The molecule has 0 amide bonds. The number of ether oxygens (including phenoxy) is 1. The van der Waals surface area contributed by atoms with Gasteiger partial charge in [-0.2, -0.15) is 0 Å². The second kappa shape index (κ2) is 16.3. The fourth-order valence-corrected chi connectivity index (χ4v) is 8.91. The maximum absolute atomic E-state index is 9.43. The molecule has 0 N–H and O–H groups in total. The van der Waals surface area contributed by atoms with E-state index < -0.39 is 12.1 Å². The second-order valence-corrected chi connectivity index (χ2v) is 20.6. The van der Waals surface area contributed by atoms with Crippen LogP contribution in [0.3, 0.4) is 0 Å². The highest BCUT2D eigenvalue weighted by atomic mass is 16.5. The maximum Gasteiger partial charge on any atom is 0.269 e. The van der Waals surface area contributed by atoms with Crippen molar-refractivity contribution >= 4 is 32.8 Å². The summed E-state index contributed by atoms with van der Waals surface area (Å²) in [5.41, 5.74) is 11.8. The van der Waals surface area contributed by atoms with E-state index in [0.717, 1.165) is 56.6 Å². The monoisotopic (exact) mass is 868 g/mol. The van der Waals surface area contributed by atoms with E-state index >= 15 is 0 Å². The minimum Gasteiger partial charge on any atom is -0.458 e. The fraction of sp³-hybridized carbons (Fsp3) is 0.213. The number of aromatic nitrogens is 4. The van der Waals surface area contributed by atoms with Crippen molar-refractivity contribution in [2.45, 2.75) is 79.6 Å². The predicted octanol–water partition coefficient (Wildman–Crippen LogP) is 15.5. The first-order chi connectivity index (χ1) is 34.1. The molecule has 10 aromatic rings. The molecule has 0 unspecified atom stereocenters. The van der Waals surface area contributed by atoms with Crippen LogP contribution in [0.1, 0.15) is 87.2 Å². The first kappa shape index (κ1) is 36.0. The standard InChI is InChI=1S/C61H58N4O/c1-59(2,3)39-41-31-32-62-57(33-41)65-53-26-14-13-23-51(53)52-30-29-48(38-56(52)65)66-47-22-17-21-46(37-47)63-40-64(55-28-16-15-27-54(55)63)58-49(42-19-11-10-12-20-42)24-18-25-50(58)43-34-44(60(4,5)6)36-45(35-43)61(7,8)9/h10-38H,39H2,1-9H3/i13D,14D,23D,26D,29D,30D. The molecule has 3 aromatic heterocycles. The fourth-order valence-electron chi connectivity index (χ4n) is 8.91. The summed E-state index contributed by atoms with van der Waals surface area (Å²) >= 11 is 0. The number of hydrogen-bond acceptors (Lipinski definition) is 2. The average molecular weight is 869 g/mol. The molecule has 5 nitrogen and oxygen atoms in total. The van der Waals surface area contributed by atoms with Crippen LogP contribution in [0, 0.1) is 11.7 Å². The first-order valence-electron chi connectivity index (χ1n) is 25.7. The third-order valence-electron chi connectivity index (χ3n) is 12.2. The lowest BCUT2D eigenvalue weighted by Gasteiger charge is -2.27. The minimum absolute atomic E-state index is 0.0392. The van der Waals surface area contributed by atoms with Crippen LogP contribution in [0.4, 0.5) is 0 Å². The van der Waals surface area contributed by atoms with Crippen molar-refractivity contribution in [2.75, 3.05) is 0 Å². The number of imidazole rings is 1. The number of benzene rings is 7. The zero-order chi connectivity index (χ0) is 51.2. The van der Waals surface area contributed by atoms with Crippen LogP contribution in [0.2, 0.25) is 0 Å². The number of pyridine rings is 1. The van der Waals surface area contributed by atoms with Gasteiger partial charge in [0.1, 0.15) is 17.3 Å². The lowest BCUT2D eigenvalue weighted by molar-refractivity contribution is -0.571. The highest BCUT2D eigenvalue weighted by molar-refractivity contribution is 6.09. The smallest absolute Gasteiger partial charge is 0.269 e. The van der Waals surface area contributed by atoms with Gasteiger partial charge in [0.05, 0.1) is 41.7 Å². The lowest BCUT2D eigenvalue weighted by Crippen LogP contribution is -2.31. The predicted molar refractivity (Wildman–Crippen MR) is 274 cm³/mol. The van der Waals surface area contributed by atoms with Gasteiger partial charge in [-0.25, -0.2) is 4.98 Å². The van der Waals surface area contributed by atoms with Gasteiger partial charge in [-0.15, -0.1) is 0 Å². The topological polar surface area (TPSA) is 35.9 Å². The Morgan fingerprint density at radius 2 is 1.27 bits per heavy atom. The summed E-state index contributed by atoms with van der Waals surface area (Å²) in [6, 6.07) is 43.6. The van der Waals surface area contributed by atoms with Crippen LogP contribution in [-0.4, -0.2) is 14.1 Å². The molecule has 5 heteroatoms. The van der Waals surface area contributed by atoms with E-state index in [-0.39, 0.29) is 62.5 Å². The molecule has 3 heterocycles. The number of para-hydroxylation sites is 4. The van der Waals surface area contributed by atoms with Gasteiger partial charge in [0.2, 0.25) is 0 Å². The summed E-state index contributed by atoms with van der Waals surface area (Å²) in [5.74, 6) is 0.928. The van der Waals surface area contributed by atoms with E-state index in [1.807, 2.05) is 59.2 Å². The molecule has 0 aliphatic heterocycles.